The normalized spacial score (nSPS) is 12.6. The topological polar surface area (TPSA) is 52.0 Å². The fourth-order valence-electron chi connectivity index (χ4n) is 8.42. The van der Waals surface area contributed by atoms with E-state index in [2.05, 4.69) is 100 Å². The predicted octanol–water partition coefficient (Wildman–Crippen LogP) is 14.6. The fraction of sp³-hybridized carbons (Fsp3) is 0.520. The van der Waals surface area contributed by atoms with Gasteiger partial charge in [0.15, 0.2) is 0 Å². The van der Waals surface area contributed by atoms with E-state index in [-0.39, 0.29) is 0 Å². The first-order valence-electron chi connectivity index (χ1n) is 21.3. The molecule has 0 aliphatic rings. The summed E-state index contributed by atoms with van der Waals surface area (Å²) in [5.41, 5.74) is 24.9. The monoisotopic (exact) mass is 701 g/mol. The molecular weight excluding hydrogens is 629 g/mol. The van der Waals surface area contributed by atoms with E-state index in [0.717, 1.165) is 24.2 Å². The first-order valence-corrected chi connectivity index (χ1v) is 21.3. The van der Waals surface area contributed by atoms with E-state index in [1.807, 2.05) is 12.1 Å². The number of benzene rings is 4. The van der Waals surface area contributed by atoms with Gasteiger partial charge in [-0.3, -0.25) is 0 Å². The van der Waals surface area contributed by atoms with Gasteiger partial charge in [-0.05, 0) is 121 Å². The van der Waals surface area contributed by atoms with Crippen LogP contribution in [-0.4, -0.2) is 0 Å². The Hall–Kier alpha value is -3.52. The molecule has 282 valence electrons. The molecule has 0 amide bonds. The second-order valence-electron chi connectivity index (χ2n) is 15.8. The van der Waals surface area contributed by atoms with E-state index >= 15 is 0 Å². The first-order chi connectivity index (χ1) is 25.4. The second-order valence-corrected chi connectivity index (χ2v) is 15.8. The van der Waals surface area contributed by atoms with Gasteiger partial charge in [0.25, 0.3) is 0 Å². The van der Waals surface area contributed by atoms with Crippen molar-refractivity contribution in [1.29, 1.82) is 0 Å². The summed E-state index contributed by atoms with van der Waals surface area (Å²) in [5, 5.41) is 0. The number of anilines is 2. The van der Waals surface area contributed by atoms with E-state index in [4.69, 9.17) is 11.5 Å². The minimum atomic E-state index is 0.447. The van der Waals surface area contributed by atoms with Gasteiger partial charge in [-0.1, -0.05) is 164 Å². The van der Waals surface area contributed by atoms with Crippen molar-refractivity contribution in [2.24, 2.45) is 0 Å². The third-order valence-electron chi connectivity index (χ3n) is 11.6. The molecule has 4 aromatic carbocycles. The highest BCUT2D eigenvalue weighted by molar-refractivity contribution is 5.49. The molecule has 0 aliphatic carbocycles. The zero-order chi connectivity index (χ0) is 37.0. The minimum Gasteiger partial charge on any atom is -0.399 e. The lowest BCUT2D eigenvalue weighted by molar-refractivity contribution is 0.528. The van der Waals surface area contributed by atoms with Gasteiger partial charge in [0.1, 0.15) is 0 Å². The number of aryl methyl sites for hydroxylation is 4. The maximum Gasteiger partial charge on any atom is 0.0316 e. The van der Waals surface area contributed by atoms with Crippen LogP contribution in [-0.2, 0) is 12.8 Å². The Labute approximate surface area is 319 Å². The Kier molecular flexibility index (Phi) is 18.4. The number of nitrogen functional groups attached to an aromatic ring is 2. The summed E-state index contributed by atoms with van der Waals surface area (Å²) in [7, 11) is 0. The number of unbranched alkanes of at least 4 members (excludes halogenated alkanes) is 15. The largest absolute Gasteiger partial charge is 0.399 e. The lowest BCUT2D eigenvalue weighted by atomic mass is 9.86. The van der Waals surface area contributed by atoms with E-state index in [1.165, 1.54) is 160 Å². The third kappa shape index (κ3) is 13.8. The van der Waals surface area contributed by atoms with Crippen LogP contribution in [0.15, 0.2) is 84.9 Å². The van der Waals surface area contributed by atoms with Crippen molar-refractivity contribution in [3.8, 4) is 0 Å². The summed E-state index contributed by atoms with van der Waals surface area (Å²) in [6, 6.07) is 31.6. The Balaban J connectivity index is 0.932. The molecule has 4 aromatic rings. The zero-order valence-corrected chi connectivity index (χ0v) is 33.5. The lowest BCUT2D eigenvalue weighted by Crippen LogP contribution is -2.03. The van der Waals surface area contributed by atoms with Crippen molar-refractivity contribution in [2.45, 2.75) is 168 Å². The van der Waals surface area contributed by atoms with Gasteiger partial charge in [0.2, 0.25) is 0 Å². The Morgan fingerprint density at radius 1 is 0.385 bits per heavy atom. The zero-order valence-electron chi connectivity index (χ0n) is 33.5. The van der Waals surface area contributed by atoms with E-state index in [1.54, 1.807) is 0 Å². The van der Waals surface area contributed by atoms with Crippen LogP contribution in [0.5, 0.6) is 0 Å². The van der Waals surface area contributed by atoms with Gasteiger partial charge >= 0.3 is 0 Å². The minimum absolute atomic E-state index is 0.447. The molecule has 0 saturated heterocycles. The Bertz CT molecular complexity index is 1430. The van der Waals surface area contributed by atoms with Gasteiger partial charge in [-0.25, -0.2) is 0 Å². The average Bonchev–Trinajstić information content (AvgIpc) is 3.14. The number of nitrogens with two attached hydrogens (primary N) is 2. The molecule has 4 rings (SSSR count). The SMILES string of the molecule is CCC(c1ccc(CCCCCCCCCCCCCCCCCCc2ccc(C(CC)c3ccc(N)cc3C)cc2)cc1)c1ccc(N)cc1C. The lowest BCUT2D eigenvalue weighted by Gasteiger charge is -2.19. The van der Waals surface area contributed by atoms with Crippen molar-refractivity contribution in [1.82, 2.24) is 0 Å². The van der Waals surface area contributed by atoms with Crippen LogP contribution in [0.1, 0.15) is 186 Å². The Morgan fingerprint density at radius 3 is 0.942 bits per heavy atom. The summed E-state index contributed by atoms with van der Waals surface area (Å²) in [5.74, 6) is 0.894. The highest BCUT2D eigenvalue weighted by Crippen LogP contribution is 2.33. The smallest absolute Gasteiger partial charge is 0.0316 e. The maximum atomic E-state index is 5.99. The molecule has 2 unspecified atom stereocenters. The molecule has 0 radical (unpaired) electrons. The highest BCUT2D eigenvalue weighted by Gasteiger charge is 2.16. The summed E-state index contributed by atoms with van der Waals surface area (Å²) < 4.78 is 0. The summed E-state index contributed by atoms with van der Waals surface area (Å²) >= 11 is 0. The van der Waals surface area contributed by atoms with E-state index in [0.29, 0.717) is 11.8 Å². The quantitative estimate of drug-likeness (QED) is 0.0534. The van der Waals surface area contributed by atoms with Crippen LogP contribution >= 0.6 is 0 Å². The van der Waals surface area contributed by atoms with Gasteiger partial charge < -0.3 is 11.5 Å². The van der Waals surface area contributed by atoms with Crippen LogP contribution < -0.4 is 11.5 Å². The molecule has 2 atom stereocenters. The fourth-order valence-corrected chi connectivity index (χ4v) is 8.42. The highest BCUT2D eigenvalue weighted by atomic mass is 14.5. The van der Waals surface area contributed by atoms with Crippen LogP contribution in [0.25, 0.3) is 0 Å². The van der Waals surface area contributed by atoms with Crippen molar-refractivity contribution < 1.29 is 0 Å². The van der Waals surface area contributed by atoms with E-state index in [9.17, 15) is 0 Å². The molecule has 0 aliphatic heterocycles. The molecule has 0 fully saturated rings. The molecule has 2 nitrogen and oxygen atoms in total. The van der Waals surface area contributed by atoms with Crippen LogP contribution in [0.2, 0.25) is 0 Å². The third-order valence-corrected chi connectivity index (χ3v) is 11.6. The molecule has 0 aromatic heterocycles. The number of hydrogen-bond donors (Lipinski definition) is 2. The van der Waals surface area contributed by atoms with Crippen molar-refractivity contribution in [3.63, 3.8) is 0 Å². The standard InChI is InChI=1S/C50H72N2/c1-5-47(49-35-33-45(51)37-39(49)3)43-29-25-41(26-30-43)23-21-19-17-15-13-11-9-7-8-10-12-14-16-18-20-22-24-42-27-31-44(32-28-42)48(6-2)50-36-34-46(52)38-40(50)4/h25-38,47-48H,5-24,51-52H2,1-4H3. The molecule has 0 saturated carbocycles. The van der Waals surface area contributed by atoms with Gasteiger partial charge in [0.05, 0.1) is 0 Å². The maximum absolute atomic E-state index is 5.99. The molecular formula is C50H72N2. The summed E-state index contributed by atoms with van der Waals surface area (Å²) in [6.45, 7) is 8.94. The Morgan fingerprint density at radius 2 is 0.673 bits per heavy atom. The average molecular weight is 701 g/mol. The number of hydrogen-bond acceptors (Lipinski definition) is 2. The van der Waals surface area contributed by atoms with Gasteiger partial charge in [-0.15, -0.1) is 0 Å². The molecule has 2 heteroatoms. The molecule has 0 heterocycles. The van der Waals surface area contributed by atoms with Crippen molar-refractivity contribution in [2.75, 3.05) is 11.5 Å². The van der Waals surface area contributed by atoms with Crippen molar-refractivity contribution >= 4 is 11.4 Å². The van der Waals surface area contributed by atoms with Crippen LogP contribution in [0.4, 0.5) is 11.4 Å². The molecule has 52 heavy (non-hydrogen) atoms. The predicted molar refractivity (Wildman–Crippen MR) is 230 cm³/mol. The molecule has 0 bridgehead atoms. The van der Waals surface area contributed by atoms with Gasteiger partial charge in [-0.2, -0.15) is 0 Å². The molecule has 4 N–H and O–H groups in total. The molecule has 0 spiro atoms. The van der Waals surface area contributed by atoms with Crippen LogP contribution in [0.3, 0.4) is 0 Å². The van der Waals surface area contributed by atoms with E-state index < -0.39 is 0 Å². The number of rotatable bonds is 25. The summed E-state index contributed by atoms with van der Waals surface area (Å²) in [6.07, 6.45) is 27.0. The van der Waals surface area contributed by atoms with Crippen LogP contribution in [0, 0.1) is 13.8 Å². The van der Waals surface area contributed by atoms with Crippen molar-refractivity contribution in [3.05, 3.63) is 129 Å². The van der Waals surface area contributed by atoms with Gasteiger partial charge in [0, 0.05) is 23.2 Å². The first kappa shape index (κ1) is 41.2. The summed E-state index contributed by atoms with van der Waals surface area (Å²) in [4.78, 5) is 0. The second kappa shape index (κ2) is 23.2.